The van der Waals surface area contributed by atoms with Crippen molar-refractivity contribution in [3.05, 3.63) is 110 Å². The summed E-state index contributed by atoms with van der Waals surface area (Å²) < 4.78 is 2.96. The summed E-state index contributed by atoms with van der Waals surface area (Å²) in [6.07, 6.45) is 0. The van der Waals surface area contributed by atoms with Crippen molar-refractivity contribution in [1.29, 1.82) is 0 Å². The maximum absolute atomic E-state index is 10.4. The normalized spacial score (nSPS) is 9.79. The first-order valence-electron chi connectivity index (χ1n) is 7.84. The van der Waals surface area contributed by atoms with Crippen molar-refractivity contribution in [3.8, 4) is 5.75 Å². The van der Waals surface area contributed by atoms with E-state index in [1.54, 1.807) is 0 Å². The largest absolute Gasteiger partial charge is 0.497 e. The van der Waals surface area contributed by atoms with Gasteiger partial charge in [-0.2, -0.15) is 0 Å². The molecular weight excluding hydrogens is 497 g/mol. The molecule has 0 radical (unpaired) electrons. The molecule has 10 nitrogen and oxygen atoms in total. The molecule has 0 amide bonds. The molecule has 0 saturated carbocycles. The van der Waals surface area contributed by atoms with Crippen LogP contribution in [-0.4, -0.2) is 19.9 Å². The minimum absolute atomic E-state index is 0.0287. The number of rotatable bonds is 5. The molecule has 11 heteroatoms. The van der Waals surface area contributed by atoms with E-state index in [1.165, 1.54) is 7.14 Å². The standard InChI is InChI=1S/C12H10I.C6H3N3O7/c1-3-7-11(8-4-1)13-12-9-5-2-6-10-12;10-6-4(8(13)14)1-3(7(11)12)2-5(6)9(15)16/h1-10H;1-2,10H/q+1;. The number of nitrogens with zero attached hydrogens (tertiary/aromatic N) is 3. The average molecular weight is 510 g/mol. The smallest absolute Gasteiger partial charge is 0.357 e. The quantitative estimate of drug-likeness (QED) is 0.305. The van der Waals surface area contributed by atoms with E-state index < -0.39 is 37.6 Å². The van der Waals surface area contributed by atoms with Crippen LogP contribution in [0.2, 0.25) is 0 Å². The van der Waals surface area contributed by atoms with Gasteiger partial charge in [0.25, 0.3) is 11.4 Å². The van der Waals surface area contributed by atoms with Crippen molar-refractivity contribution in [2.45, 2.75) is 0 Å². The van der Waals surface area contributed by atoms with Gasteiger partial charge in [0.1, 0.15) is 0 Å². The van der Waals surface area contributed by atoms with Crippen molar-refractivity contribution in [1.82, 2.24) is 0 Å². The highest BCUT2D eigenvalue weighted by Crippen LogP contribution is 2.38. The molecule has 0 unspecified atom stereocenters. The van der Waals surface area contributed by atoms with E-state index in [1.807, 2.05) is 0 Å². The Morgan fingerprint density at radius 1 is 0.655 bits per heavy atom. The summed E-state index contributed by atoms with van der Waals surface area (Å²) in [4.78, 5) is 27.8. The zero-order valence-electron chi connectivity index (χ0n) is 14.5. The van der Waals surface area contributed by atoms with Crippen molar-refractivity contribution < 1.29 is 41.1 Å². The Morgan fingerprint density at radius 2 is 1.03 bits per heavy atom. The van der Waals surface area contributed by atoms with Crippen LogP contribution in [0.4, 0.5) is 17.1 Å². The summed E-state index contributed by atoms with van der Waals surface area (Å²) in [5.74, 6) is -1.21. The molecular formula is C18H13IN3O7+. The number of hydrogen-bond donors (Lipinski definition) is 1. The fourth-order valence-electron chi connectivity index (χ4n) is 2.05. The Morgan fingerprint density at radius 3 is 1.34 bits per heavy atom. The van der Waals surface area contributed by atoms with Gasteiger partial charge < -0.3 is 5.11 Å². The third kappa shape index (κ3) is 6.21. The van der Waals surface area contributed by atoms with Crippen molar-refractivity contribution in [2.24, 2.45) is 0 Å². The first kappa shape index (κ1) is 21.7. The zero-order chi connectivity index (χ0) is 21.4. The van der Waals surface area contributed by atoms with Crippen LogP contribution in [0.5, 0.6) is 5.75 Å². The molecule has 0 aromatic heterocycles. The van der Waals surface area contributed by atoms with Crippen LogP contribution < -0.4 is 21.2 Å². The number of halogens is 1. The molecule has 1 N–H and O–H groups in total. The van der Waals surface area contributed by atoms with Gasteiger partial charge in [0.05, 0.1) is 26.9 Å². The van der Waals surface area contributed by atoms with Crippen LogP contribution in [0.3, 0.4) is 0 Å². The second-order valence-electron chi connectivity index (χ2n) is 5.29. The number of nitro groups is 3. The molecule has 0 fully saturated rings. The van der Waals surface area contributed by atoms with E-state index in [4.69, 9.17) is 5.11 Å². The molecule has 0 spiro atoms. The molecule has 0 aliphatic rings. The minimum Gasteiger partial charge on any atom is -0.497 e. The minimum atomic E-state index is -1.21. The maximum Gasteiger partial charge on any atom is 0.357 e. The summed E-state index contributed by atoms with van der Waals surface area (Å²) in [5, 5.41) is 40.2. The molecule has 3 rings (SSSR count). The number of phenols is 1. The molecule has 0 aliphatic carbocycles. The zero-order valence-corrected chi connectivity index (χ0v) is 16.7. The number of phenolic OH excluding ortho intramolecular Hbond substituents is 1. The second kappa shape index (κ2) is 10.1. The van der Waals surface area contributed by atoms with Gasteiger partial charge in [-0.3, -0.25) is 30.3 Å². The van der Waals surface area contributed by atoms with E-state index >= 15 is 0 Å². The number of benzene rings is 3. The first-order chi connectivity index (χ1) is 13.8. The summed E-state index contributed by atoms with van der Waals surface area (Å²) in [5.41, 5.74) is -3.00. The fraction of sp³-hybridized carbons (Fsp3) is 0. The van der Waals surface area contributed by atoms with E-state index in [9.17, 15) is 30.3 Å². The summed E-state index contributed by atoms with van der Waals surface area (Å²) in [6, 6.07) is 22.3. The van der Waals surface area contributed by atoms with Gasteiger partial charge in [-0.05, 0) is 24.3 Å². The number of nitro benzene ring substituents is 3. The Labute approximate surface area is 174 Å². The predicted molar refractivity (Wildman–Crippen MR) is 98.3 cm³/mol. The molecule has 3 aromatic rings. The summed E-state index contributed by atoms with van der Waals surface area (Å²) in [7, 11) is 0. The number of aromatic hydroxyl groups is 1. The number of hydrogen-bond acceptors (Lipinski definition) is 7. The summed E-state index contributed by atoms with van der Waals surface area (Å²) >= 11 is 0.0287. The predicted octanol–water partition coefficient (Wildman–Crippen LogP) is 0.932. The van der Waals surface area contributed by atoms with Crippen LogP contribution in [0.1, 0.15) is 0 Å². The van der Waals surface area contributed by atoms with E-state index in [-0.39, 0.29) is 21.2 Å². The molecule has 0 aliphatic heterocycles. The lowest BCUT2D eigenvalue weighted by Crippen LogP contribution is -3.61. The van der Waals surface area contributed by atoms with Crippen molar-refractivity contribution in [2.75, 3.05) is 0 Å². The van der Waals surface area contributed by atoms with Gasteiger partial charge >= 0.3 is 32.6 Å². The van der Waals surface area contributed by atoms with E-state index in [0.717, 1.165) is 0 Å². The van der Waals surface area contributed by atoms with Crippen LogP contribution in [-0.2, 0) is 0 Å². The summed E-state index contributed by atoms with van der Waals surface area (Å²) in [6.45, 7) is 0. The number of non-ortho nitro benzene ring substituents is 1. The lowest BCUT2D eigenvalue weighted by atomic mass is 10.2. The van der Waals surface area contributed by atoms with Crippen LogP contribution in [0, 0.1) is 37.5 Å². The van der Waals surface area contributed by atoms with Gasteiger partial charge in [-0.1, -0.05) is 36.4 Å². The molecule has 148 valence electrons. The molecule has 0 saturated heterocycles. The Hall–Kier alpha value is -3.61. The highest BCUT2D eigenvalue weighted by Gasteiger charge is 2.30. The SMILES string of the molecule is O=[N+]([O-])c1cc([N+](=O)[O-])c(O)c([N+](=O)[O-])c1.c1ccc([I+]c2ccccc2)cc1. The van der Waals surface area contributed by atoms with Crippen LogP contribution >= 0.6 is 0 Å². The highest BCUT2D eigenvalue weighted by molar-refractivity contribution is 5.64. The van der Waals surface area contributed by atoms with Crippen LogP contribution in [0.15, 0.2) is 72.8 Å². The van der Waals surface area contributed by atoms with E-state index in [0.29, 0.717) is 12.1 Å². The van der Waals surface area contributed by atoms with Gasteiger partial charge in [0, 0.05) is 0 Å². The third-order valence-electron chi connectivity index (χ3n) is 3.34. The Balaban J connectivity index is 0.000000211. The first-order valence-corrected chi connectivity index (χ1v) is 10.0. The van der Waals surface area contributed by atoms with Crippen molar-refractivity contribution in [3.63, 3.8) is 0 Å². The average Bonchev–Trinajstić information content (AvgIpc) is 2.69. The van der Waals surface area contributed by atoms with Gasteiger partial charge in [-0.15, -0.1) is 0 Å². The Bertz CT molecular complexity index is 958. The van der Waals surface area contributed by atoms with Gasteiger partial charge in [-0.25, -0.2) is 0 Å². The fourth-order valence-corrected chi connectivity index (χ4v) is 4.32. The van der Waals surface area contributed by atoms with Crippen LogP contribution in [0.25, 0.3) is 0 Å². The molecule has 0 atom stereocenters. The van der Waals surface area contributed by atoms with Gasteiger partial charge in [0.2, 0.25) is 0 Å². The lowest BCUT2D eigenvalue weighted by Gasteiger charge is -1.97. The monoisotopic (exact) mass is 510 g/mol. The molecule has 3 aromatic carbocycles. The molecule has 0 bridgehead atoms. The topological polar surface area (TPSA) is 150 Å². The Kier molecular flexibility index (Phi) is 7.54. The second-order valence-corrected chi connectivity index (χ2v) is 8.32. The van der Waals surface area contributed by atoms with E-state index in [2.05, 4.69) is 60.7 Å². The third-order valence-corrected chi connectivity index (χ3v) is 6.03. The maximum atomic E-state index is 10.4. The highest BCUT2D eigenvalue weighted by atomic mass is 127. The lowest BCUT2D eigenvalue weighted by molar-refractivity contribution is -0.597. The molecule has 0 heterocycles. The van der Waals surface area contributed by atoms with Gasteiger partial charge in [0.15, 0.2) is 7.14 Å². The molecule has 29 heavy (non-hydrogen) atoms. The van der Waals surface area contributed by atoms with Crippen molar-refractivity contribution >= 4 is 17.1 Å².